The number of nitrogens with zero attached hydrogens (tertiary/aromatic N) is 1. The molecule has 2 N–H and O–H groups in total. The minimum absolute atomic E-state index is 0.114. The van der Waals surface area contributed by atoms with E-state index in [1.54, 1.807) is 30.3 Å². The van der Waals surface area contributed by atoms with Crippen molar-refractivity contribution in [1.82, 2.24) is 4.90 Å². The second-order valence-corrected chi connectivity index (χ2v) is 7.27. The van der Waals surface area contributed by atoms with E-state index in [9.17, 15) is 9.59 Å². The molecule has 1 aromatic carbocycles. The van der Waals surface area contributed by atoms with E-state index >= 15 is 0 Å². The summed E-state index contributed by atoms with van der Waals surface area (Å²) in [5.74, 6) is -0.248. The van der Waals surface area contributed by atoms with Crippen LogP contribution in [0.4, 0.5) is 11.4 Å². The highest BCUT2D eigenvalue weighted by Crippen LogP contribution is 2.22. The van der Waals surface area contributed by atoms with Crippen molar-refractivity contribution in [2.75, 3.05) is 23.7 Å². The van der Waals surface area contributed by atoms with Crippen LogP contribution in [-0.2, 0) is 16.1 Å². The van der Waals surface area contributed by atoms with Gasteiger partial charge in [-0.1, -0.05) is 17.7 Å². The first kappa shape index (κ1) is 19.2. The fourth-order valence-electron chi connectivity index (χ4n) is 2.27. The number of amides is 2. The van der Waals surface area contributed by atoms with Crippen LogP contribution in [0.15, 0.2) is 49.1 Å². The number of rotatable bonds is 8. The Kier molecular flexibility index (Phi) is 7.18. The number of hydrogen-bond donors (Lipinski definition) is 2. The van der Waals surface area contributed by atoms with Gasteiger partial charge in [-0.25, -0.2) is 0 Å². The van der Waals surface area contributed by atoms with Crippen LogP contribution < -0.4 is 10.6 Å². The lowest BCUT2D eigenvalue weighted by Crippen LogP contribution is -2.32. The molecule has 0 aliphatic carbocycles. The average molecular weight is 378 g/mol. The highest BCUT2D eigenvalue weighted by molar-refractivity contribution is 7.16. The number of halogens is 1. The molecule has 1 heterocycles. The Hall–Kier alpha value is -2.15. The van der Waals surface area contributed by atoms with Crippen LogP contribution in [0, 0.1) is 0 Å². The Labute approximate surface area is 156 Å². The van der Waals surface area contributed by atoms with Gasteiger partial charge in [0.15, 0.2) is 0 Å². The third-order valence-electron chi connectivity index (χ3n) is 3.25. The van der Waals surface area contributed by atoms with Crippen LogP contribution in [-0.4, -0.2) is 29.8 Å². The monoisotopic (exact) mass is 377 g/mol. The van der Waals surface area contributed by atoms with Crippen molar-refractivity contribution in [2.45, 2.75) is 13.5 Å². The SMILES string of the molecule is C=CCN(CC(=O)Nc1ccc(NC(C)=O)cc1)Cc1ccc(Cl)s1. The first-order chi connectivity index (χ1) is 12.0. The Morgan fingerprint density at radius 2 is 1.80 bits per heavy atom. The zero-order chi connectivity index (χ0) is 18.2. The molecular weight excluding hydrogens is 358 g/mol. The van der Waals surface area contributed by atoms with Crippen LogP contribution in [0.5, 0.6) is 0 Å². The van der Waals surface area contributed by atoms with E-state index < -0.39 is 0 Å². The maximum Gasteiger partial charge on any atom is 0.238 e. The molecule has 5 nitrogen and oxygen atoms in total. The van der Waals surface area contributed by atoms with Gasteiger partial charge in [-0.2, -0.15) is 0 Å². The fraction of sp³-hybridized carbons (Fsp3) is 0.222. The van der Waals surface area contributed by atoms with Gasteiger partial charge in [-0.3, -0.25) is 14.5 Å². The maximum absolute atomic E-state index is 12.3. The van der Waals surface area contributed by atoms with Gasteiger partial charge in [0.05, 0.1) is 10.9 Å². The molecule has 2 aromatic rings. The Morgan fingerprint density at radius 1 is 1.16 bits per heavy atom. The van der Waals surface area contributed by atoms with Crippen LogP contribution >= 0.6 is 22.9 Å². The lowest BCUT2D eigenvalue weighted by molar-refractivity contribution is -0.117. The molecule has 0 fully saturated rings. The van der Waals surface area contributed by atoms with Crippen molar-refractivity contribution in [3.05, 3.63) is 58.3 Å². The average Bonchev–Trinajstić information content (AvgIpc) is 2.94. The lowest BCUT2D eigenvalue weighted by Gasteiger charge is -2.19. The molecule has 2 rings (SSSR count). The number of thiophene rings is 1. The zero-order valence-electron chi connectivity index (χ0n) is 13.9. The molecule has 0 saturated heterocycles. The molecule has 25 heavy (non-hydrogen) atoms. The van der Waals surface area contributed by atoms with E-state index in [0.29, 0.717) is 24.5 Å². The lowest BCUT2D eigenvalue weighted by atomic mass is 10.2. The second kappa shape index (κ2) is 9.36. The summed E-state index contributed by atoms with van der Waals surface area (Å²) in [6.45, 7) is 6.67. The summed E-state index contributed by atoms with van der Waals surface area (Å²) in [6.07, 6.45) is 1.77. The summed E-state index contributed by atoms with van der Waals surface area (Å²) in [7, 11) is 0. The van der Waals surface area contributed by atoms with Gasteiger partial charge >= 0.3 is 0 Å². The van der Waals surface area contributed by atoms with Gasteiger partial charge in [0.1, 0.15) is 0 Å². The molecule has 0 radical (unpaired) electrons. The van der Waals surface area contributed by atoms with Crippen LogP contribution in [0.1, 0.15) is 11.8 Å². The largest absolute Gasteiger partial charge is 0.326 e. The summed E-state index contributed by atoms with van der Waals surface area (Å²) in [5.41, 5.74) is 1.37. The maximum atomic E-state index is 12.3. The second-order valence-electron chi connectivity index (χ2n) is 5.47. The highest BCUT2D eigenvalue weighted by atomic mass is 35.5. The van der Waals surface area contributed by atoms with Crippen LogP contribution in [0.2, 0.25) is 4.34 Å². The summed E-state index contributed by atoms with van der Waals surface area (Å²) in [4.78, 5) is 26.4. The van der Waals surface area contributed by atoms with E-state index in [0.717, 1.165) is 9.21 Å². The number of hydrogen-bond acceptors (Lipinski definition) is 4. The number of anilines is 2. The summed E-state index contributed by atoms with van der Waals surface area (Å²) in [5, 5.41) is 5.54. The van der Waals surface area contributed by atoms with E-state index in [2.05, 4.69) is 17.2 Å². The van der Waals surface area contributed by atoms with Crippen LogP contribution in [0.25, 0.3) is 0 Å². The summed E-state index contributed by atoms with van der Waals surface area (Å²) >= 11 is 7.46. The van der Waals surface area contributed by atoms with Crippen molar-refractivity contribution in [3.63, 3.8) is 0 Å². The molecule has 0 spiro atoms. The number of nitrogens with one attached hydrogen (secondary N) is 2. The quantitative estimate of drug-likeness (QED) is 0.684. The predicted octanol–water partition coefficient (Wildman–Crippen LogP) is 3.99. The summed E-state index contributed by atoms with van der Waals surface area (Å²) < 4.78 is 0.734. The molecule has 0 saturated carbocycles. The molecule has 7 heteroatoms. The molecule has 0 atom stereocenters. The molecular formula is C18H20ClN3O2S. The minimum Gasteiger partial charge on any atom is -0.326 e. The van der Waals surface area contributed by atoms with Gasteiger partial charge < -0.3 is 10.6 Å². The minimum atomic E-state index is -0.134. The van der Waals surface area contributed by atoms with Gasteiger partial charge in [0, 0.05) is 36.3 Å². The highest BCUT2D eigenvalue weighted by Gasteiger charge is 2.12. The van der Waals surface area contributed by atoms with Crippen LogP contribution in [0.3, 0.4) is 0 Å². The normalized spacial score (nSPS) is 10.5. The molecule has 1 aromatic heterocycles. The fourth-order valence-corrected chi connectivity index (χ4v) is 3.40. The third kappa shape index (κ3) is 6.70. The Balaban J connectivity index is 1.91. The number of carbonyl (C=O) groups is 2. The van der Waals surface area contributed by atoms with E-state index in [1.165, 1.54) is 18.3 Å². The molecule has 0 unspecified atom stereocenters. The zero-order valence-corrected chi connectivity index (χ0v) is 15.5. The first-order valence-corrected chi connectivity index (χ1v) is 8.90. The molecule has 2 amide bonds. The van der Waals surface area contributed by atoms with Gasteiger partial charge in [-0.15, -0.1) is 17.9 Å². The molecule has 0 aliphatic heterocycles. The van der Waals surface area contributed by atoms with Crippen molar-refractivity contribution in [1.29, 1.82) is 0 Å². The standard InChI is InChI=1S/C18H20ClN3O2S/c1-3-10-22(11-16-8-9-17(19)25-16)12-18(24)21-15-6-4-14(5-7-15)20-13(2)23/h3-9H,1,10-12H2,2H3,(H,20,23)(H,21,24). The Morgan fingerprint density at radius 3 is 2.32 bits per heavy atom. The van der Waals surface area contributed by atoms with Gasteiger partial charge in [-0.05, 0) is 36.4 Å². The number of carbonyl (C=O) groups excluding carboxylic acids is 2. The molecule has 0 aliphatic rings. The third-order valence-corrected chi connectivity index (χ3v) is 4.47. The van der Waals surface area contributed by atoms with Gasteiger partial charge in [0.25, 0.3) is 0 Å². The van der Waals surface area contributed by atoms with E-state index in [-0.39, 0.29) is 18.4 Å². The van der Waals surface area contributed by atoms with Crippen molar-refractivity contribution >= 4 is 46.1 Å². The van der Waals surface area contributed by atoms with Crippen molar-refractivity contribution in [3.8, 4) is 0 Å². The van der Waals surface area contributed by atoms with E-state index in [4.69, 9.17) is 11.6 Å². The predicted molar refractivity (Wildman–Crippen MR) is 104 cm³/mol. The molecule has 0 bridgehead atoms. The molecule has 132 valence electrons. The number of benzene rings is 1. The van der Waals surface area contributed by atoms with Crippen molar-refractivity contribution < 1.29 is 9.59 Å². The van der Waals surface area contributed by atoms with Crippen molar-refractivity contribution in [2.24, 2.45) is 0 Å². The van der Waals surface area contributed by atoms with E-state index in [1.807, 2.05) is 17.0 Å². The topological polar surface area (TPSA) is 61.4 Å². The summed E-state index contributed by atoms with van der Waals surface area (Å²) in [6, 6.07) is 10.8. The van der Waals surface area contributed by atoms with Gasteiger partial charge in [0.2, 0.25) is 11.8 Å². The Bertz CT molecular complexity index is 743. The first-order valence-electron chi connectivity index (χ1n) is 7.71. The smallest absolute Gasteiger partial charge is 0.238 e.